The summed E-state index contributed by atoms with van der Waals surface area (Å²) in [4.78, 5) is 0. The molecule has 19 heavy (non-hydrogen) atoms. The fourth-order valence-electron chi connectivity index (χ4n) is 2.24. The van der Waals surface area contributed by atoms with Crippen LogP contribution in [0.4, 0.5) is 0 Å². The molecule has 0 aliphatic carbocycles. The number of hydrogen-bond donors (Lipinski definition) is 1. The van der Waals surface area contributed by atoms with E-state index in [0.717, 1.165) is 12.8 Å². The van der Waals surface area contributed by atoms with Crippen molar-refractivity contribution in [1.82, 2.24) is 4.72 Å². The van der Waals surface area contributed by atoms with Crippen LogP contribution in [0.3, 0.4) is 0 Å². The van der Waals surface area contributed by atoms with E-state index in [-0.39, 0.29) is 5.25 Å². The Balaban J connectivity index is 3.44. The zero-order chi connectivity index (χ0) is 14.6. The Hall–Kier alpha value is -0.0900. The van der Waals surface area contributed by atoms with Crippen molar-refractivity contribution in [2.24, 2.45) is 0 Å². The van der Waals surface area contributed by atoms with Gasteiger partial charge in [-0.1, -0.05) is 71.6 Å². The van der Waals surface area contributed by atoms with Gasteiger partial charge in [-0.3, -0.25) is 0 Å². The van der Waals surface area contributed by atoms with Gasteiger partial charge in [-0.25, -0.2) is 13.1 Å². The van der Waals surface area contributed by atoms with Crippen molar-refractivity contribution in [1.29, 1.82) is 0 Å². The van der Waals surface area contributed by atoms with Gasteiger partial charge in [-0.2, -0.15) is 0 Å². The molecule has 4 heteroatoms. The first-order valence-electron chi connectivity index (χ1n) is 8.03. The third-order valence-electron chi connectivity index (χ3n) is 3.59. The summed E-state index contributed by atoms with van der Waals surface area (Å²) in [5.74, 6) is 0. The number of rotatable bonds is 13. The molecule has 0 rings (SSSR count). The van der Waals surface area contributed by atoms with Crippen LogP contribution in [0, 0.1) is 0 Å². The van der Waals surface area contributed by atoms with E-state index in [1.54, 1.807) is 0 Å². The number of nitrogens with one attached hydrogen (secondary N) is 1. The standard InChI is InChI=1S/C15H33NO2S/c1-4-6-7-8-9-10-11-12-13-14-15(3)19(17,18)16-5-2/h15-16H,4-14H2,1-3H3. The van der Waals surface area contributed by atoms with Gasteiger partial charge in [0.1, 0.15) is 0 Å². The average molecular weight is 292 g/mol. The maximum absolute atomic E-state index is 11.7. The largest absolute Gasteiger partial charge is 0.215 e. The van der Waals surface area contributed by atoms with Gasteiger partial charge in [0, 0.05) is 6.54 Å². The van der Waals surface area contributed by atoms with E-state index in [4.69, 9.17) is 0 Å². The lowest BCUT2D eigenvalue weighted by atomic mass is 10.1. The van der Waals surface area contributed by atoms with Crippen LogP contribution >= 0.6 is 0 Å². The zero-order valence-electron chi connectivity index (χ0n) is 13.1. The lowest BCUT2D eigenvalue weighted by Gasteiger charge is -2.12. The van der Waals surface area contributed by atoms with Crippen LogP contribution in [0.1, 0.15) is 85.0 Å². The van der Waals surface area contributed by atoms with Gasteiger partial charge in [0.15, 0.2) is 0 Å². The highest BCUT2D eigenvalue weighted by molar-refractivity contribution is 7.90. The van der Waals surface area contributed by atoms with Gasteiger partial charge < -0.3 is 0 Å². The normalized spacial score (nSPS) is 13.6. The smallest absolute Gasteiger partial charge is 0.214 e. The molecular weight excluding hydrogens is 258 g/mol. The summed E-state index contributed by atoms with van der Waals surface area (Å²) in [7, 11) is -3.07. The van der Waals surface area contributed by atoms with Crippen molar-refractivity contribution >= 4 is 10.0 Å². The Morgan fingerprint density at radius 3 is 1.79 bits per heavy atom. The van der Waals surface area contributed by atoms with Crippen LogP contribution in [0.15, 0.2) is 0 Å². The number of hydrogen-bond acceptors (Lipinski definition) is 2. The Kier molecular flexibility index (Phi) is 11.7. The molecule has 0 aliphatic heterocycles. The molecular formula is C15H33NO2S. The van der Waals surface area contributed by atoms with Crippen LogP contribution in [0.2, 0.25) is 0 Å². The van der Waals surface area contributed by atoms with Gasteiger partial charge in [0.2, 0.25) is 10.0 Å². The molecule has 1 N–H and O–H groups in total. The van der Waals surface area contributed by atoms with Gasteiger partial charge in [-0.05, 0) is 13.3 Å². The molecule has 0 aromatic heterocycles. The molecule has 0 saturated heterocycles. The zero-order valence-corrected chi connectivity index (χ0v) is 13.9. The predicted molar refractivity (Wildman–Crippen MR) is 83.9 cm³/mol. The van der Waals surface area contributed by atoms with Crippen LogP contribution in [0.25, 0.3) is 0 Å². The highest BCUT2D eigenvalue weighted by Gasteiger charge is 2.18. The average Bonchev–Trinajstić information content (AvgIpc) is 2.36. The molecule has 1 unspecified atom stereocenters. The van der Waals surface area contributed by atoms with Crippen molar-refractivity contribution < 1.29 is 8.42 Å². The lowest BCUT2D eigenvalue weighted by Crippen LogP contribution is -2.32. The van der Waals surface area contributed by atoms with Crippen LogP contribution in [-0.2, 0) is 10.0 Å². The van der Waals surface area contributed by atoms with Crippen molar-refractivity contribution in [3.8, 4) is 0 Å². The molecule has 0 amide bonds. The summed E-state index contributed by atoms with van der Waals surface area (Å²) >= 11 is 0. The van der Waals surface area contributed by atoms with E-state index < -0.39 is 10.0 Å². The van der Waals surface area contributed by atoms with E-state index in [1.165, 1.54) is 51.4 Å². The van der Waals surface area contributed by atoms with Crippen molar-refractivity contribution in [2.75, 3.05) is 6.54 Å². The minimum Gasteiger partial charge on any atom is -0.215 e. The maximum Gasteiger partial charge on any atom is 0.214 e. The fraction of sp³-hybridized carbons (Fsp3) is 1.00. The molecule has 3 nitrogen and oxygen atoms in total. The van der Waals surface area contributed by atoms with Crippen LogP contribution in [0.5, 0.6) is 0 Å². The number of unbranched alkanes of at least 4 members (excludes halogenated alkanes) is 8. The monoisotopic (exact) mass is 291 g/mol. The van der Waals surface area contributed by atoms with E-state index in [0.29, 0.717) is 6.54 Å². The quantitative estimate of drug-likeness (QED) is 0.516. The van der Waals surface area contributed by atoms with Gasteiger partial charge in [-0.15, -0.1) is 0 Å². The second-order valence-electron chi connectivity index (χ2n) is 5.47. The maximum atomic E-state index is 11.7. The summed E-state index contributed by atoms with van der Waals surface area (Å²) in [6.07, 6.45) is 12.3. The predicted octanol–water partition coefficient (Wildman–Crippen LogP) is 4.24. The Morgan fingerprint density at radius 2 is 1.32 bits per heavy atom. The molecule has 0 fully saturated rings. The van der Waals surface area contributed by atoms with Gasteiger partial charge in [0.25, 0.3) is 0 Å². The first-order chi connectivity index (χ1) is 9.04. The summed E-state index contributed by atoms with van der Waals surface area (Å²) in [5, 5.41) is -0.253. The van der Waals surface area contributed by atoms with E-state index >= 15 is 0 Å². The molecule has 0 bridgehead atoms. The fourth-order valence-corrected chi connectivity index (χ4v) is 3.40. The second kappa shape index (κ2) is 11.7. The molecule has 0 aromatic rings. The van der Waals surface area contributed by atoms with Crippen molar-refractivity contribution in [3.63, 3.8) is 0 Å². The van der Waals surface area contributed by atoms with Crippen molar-refractivity contribution in [2.45, 2.75) is 90.2 Å². The molecule has 0 aromatic carbocycles. The highest BCUT2D eigenvalue weighted by Crippen LogP contribution is 2.13. The molecule has 0 aliphatic rings. The lowest BCUT2D eigenvalue weighted by molar-refractivity contribution is 0.537. The minimum atomic E-state index is -3.07. The van der Waals surface area contributed by atoms with Crippen LogP contribution < -0.4 is 4.72 Å². The SMILES string of the molecule is CCCCCCCCCCCC(C)S(=O)(=O)NCC. The molecule has 0 saturated carbocycles. The number of sulfonamides is 1. The summed E-state index contributed by atoms with van der Waals surface area (Å²) in [5.41, 5.74) is 0. The first-order valence-corrected chi connectivity index (χ1v) is 9.57. The third kappa shape index (κ3) is 10.4. The molecule has 0 radical (unpaired) electrons. The molecule has 0 spiro atoms. The van der Waals surface area contributed by atoms with Gasteiger partial charge >= 0.3 is 0 Å². The van der Waals surface area contributed by atoms with Crippen LogP contribution in [-0.4, -0.2) is 20.2 Å². The first kappa shape index (κ1) is 18.9. The Bertz CT molecular complexity index is 289. The second-order valence-corrected chi connectivity index (χ2v) is 7.65. The molecule has 116 valence electrons. The molecule has 0 heterocycles. The topological polar surface area (TPSA) is 46.2 Å². The summed E-state index contributed by atoms with van der Waals surface area (Å²) in [6, 6.07) is 0. The third-order valence-corrected chi connectivity index (χ3v) is 5.58. The Morgan fingerprint density at radius 1 is 0.842 bits per heavy atom. The minimum absolute atomic E-state index is 0.253. The molecule has 1 atom stereocenters. The highest BCUT2D eigenvalue weighted by atomic mass is 32.2. The van der Waals surface area contributed by atoms with Gasteiger partial charge in [0.05, 0.1) is 5.25 Å². The summed E-state index contributed by atoms with van der Waals surface area (Å²) < 4.78 is 25.9. The summed E-state index contributed by atoms with van der Waals surface area (Å²) in [6.45, 7) is 6.36. The Labute approximate surface area is 120 Å². The van der Waals surface area contributed by atoms with Crippen molar-refractivity contribution in [3.05, 3.63) is 0 Å². The van der Waals surface area contributed by atoms with E-state index in [9.17, 15) is 8.42 Å². The van der Waals surface area contributed by atoms with E-state index in [2.05, 4.69) is 11.6 Å². The van der Waals surface area contributed by atoms with E-state index in [1.807, 2.05) is 13.8 Å².